The first-order chi connectivity index (χ1) is 12.9. The number of hydrogen-bond acceptors (Lipinski definition) is 6. The number of anilines is 1. The smallest absolute Gasteiger partial charge is 0.279 e. The van der Waals surface area contributed by atoms with E-state index in [0.717, 1.165) is 16.9 Å². The molecule has 27 heavy (non-hydrogen) atoms. The average molecular weight is 425 g/mol. The van der Waals surface area contributed by atoms with Crippen LogP contribution < -0.4 is 10.6 Å². The second kappa shape index (κ2) is 8.03. The predicted molar refractivity (Wildman–Crippen MR) is 104 cm³/mol. The molecule has 0 radical (unpaired) electrons. The average Bonchev–Trinajstić information content (AvgIpc) is 3.24. The topological polar surface area (TPSA) is 102 Å². The molecule has 1 aromatic carbocycles. The Balaban J connectivity index is 1.69. The Bertz CT molecular complexity index is 1020. The van der Waals surface area contributed by atoms with Crippen LogP contribution in [-0.2, 0) is 6.54 Å². The van der Waals surface area contributed by atoms with Crippen molar-refractivity contribution in [2.75, 3.05) is 12.4 Å². The first-order valence-corrected chi connectivity index (χ1v) is 9.29. The van der Waals surface area contributed by atoms with Crippen LogP contribution in [0.2, 0.25) is 10.0 Å². The number of rotatable bonds is 5. The van der Waals surface area contributed by atoms with E-state index in [1.165, 1.54) is 17.9 Å². The van der Waals surface area contributed by atoms with Gasteiger partial charge in [0.2, 0.25) is 0 Å². The van der Waals surface area contributed by atoms with Crippen molar-refractivity contribution < 1.29 is 9.59 Å². The summed E-state index contributed by atoms with van der Waals surface area (Å²) in [6.07, 6.45) is 1.51. The summed E-state index contributed by atoms with van der Waals surface area (Å²) in [5.74, 6) is -0.717. The zero-order chi connectivity index (χ0) is 19.6. The van der Waals surface area contributed by atoms with Gasteiger partial charge in [0.15, 0.2) is 10.8 Å². The first-order valence-electron chi connectivity index (χ1n) is 7.72. The van der Waals surface area contributed by atoms with Crippen molar-refractivity contribution >= 4 is 51.5 Å². The third-order valence-electron chi connectivity index (χ3n) is 3.55. The van der Waals surface area contributed by atoms with Crippen molar-refractivity contribution in [3.8, 4) is 0 Å². The Morgan fingerprint density at radius 2 is 2.00 bits per heavy atom. The number of aryl methyl sites for hydroxylation is 1. The van der Waals surface area contributed by atoms with Crippen molar-refractivity contribution in [1.82, 2.24) is 25.3 Å². The van der Waals surface area contributed by atoms with E-state index >= 15 is 0 Å². The Morgan fingerprint density at radius 1 is 1.22 bits per heavy atom. The standard InChI is InChI=1S/C16H14Cl2N6O2S/c1-8-13(15(26)19-2)27-16(20-8)21-14(25)12-7-24(23-22-12)6-9-3-4-10(17)11(18)5-9/h3-5,7H,6H2,1-2H3,(H,19,26)(H,20,21,25). The highest BCUT2D eigenvalue weighted by atomic mass is 35.5. The number of thiazole rings is 1. The van der Waals surface area contributed by atoms with Crippen molar-refractivity contribution in [1.29, 1.82) is 0 Å². The van der Waals surface area contributed by atoms with Gasteiger partial charge in [-0.25, -0.2) is 9.67 Å². The molecular formula is C16H14Cl2N6O2S. The lowest BCUT2D eigenvalue weighted by Crippen LogP contribution is -2.17. The van der Waals surface area contributed by atoms with Gasteiger partial charge in [-0.2, -0.15) is 0 Å². The highest BCUT2D eigenvalue weighted by Gasteiger charge is 2.17. The fourth-order valence-electron chi connectivity index (χ4n) is 2.24. The Kier molecular flexibility index (Phi) is 5.73. The maximum atomic E-state index is 12.3. The van der Waals surface area contributed by atoms with Crippen LogP contribution in [0.15, 0.2) is 24.4 Å². The van der Waals surface area contributed by atoms with Gasteiger partial charge in [0, 0.05) is 7.05 Å². The summed E-state index contributed by atoms with van der Waals surface area (Å²) in [7, 11) is 1.53. The number of nitrogens with zero attached hydrogens (tertiary/aromatic N) is 4. The van der Waals surface area contributed by atoms with E-state index in [1.54, 1.807) is 19.1 Å². The second-order valence-electron chi connectivity index (χ2n) is 5.52. The van der Waals surface area contributed by atoms with Gasteiger partial charge in [0.1, 0.15) is 4.88 Å². The van der Waals surface area contributed by atoms with E-state index < -0.39 is 5.91 Å². The number of amides is 2. The SMILES string of the molecule is CNC(=O)c1sc(NC(=O)c2cn(Cc3ccc(Cl)c(Cl)c3)nn2)nc1C. The summed E-state index contributed by atoms with van der Waals surface area (Å²) in [5.41, 5.74) is 1.54. The molecule has 8 nitrogen and oxygen atoms in total. The summed E-state index contributed by atoms with van der Waals surface area (Å²) < 4.78 is 1.51. The molecule has 0 fully saturated rings. The van der Waals surface area contributed by atoms with Crippen LogP contribution in [0.5, 0.6) is 0 Å². The summed E-state index contributed by atoms with van der Waals surface area (Å²) in [6.45, 7) is 2.08. The number of carbonyl (C=O) groups is 2. The molecule has 0 aliphatic heterocycles. The van der Waals surface area contributed by atoms with Crippen LogP contribution >= 0.6 is 34.5 Å². The van der Waals surface area contributed by atoms with Crippen molar-refractivity contribution in [3.63, 3.8) is 0 Å². The molecule has 11 heteroatoms. The van der Waals surface area contributed by atoms with Gasteiger partial charge in [-0.3, -0.25) is 14.9 Å². The quantitative estimate of drug-likeness (QED) is 0.655. The number of carbonyl (C=O) groups excluding carboxylic acids is 2. The molecule has 0 aliphatic carbocycles. The third-order valence-corrected chi connectivity index (χ3v) is 5.36. The number of aromatic nitrogens is 4. The van der Waals surface area contributed by atoms with Crippen LogP contribution in [0.1, 0.15) is 31.4 Å². The maximum Gasteiger partial charge on any atom is 0.279 e. The zero-order valence-electron chi connectivity index (χ0n) is 14.3. The Hall–Kier alpha value is -2.49. The molecule has 0 bridgehead atoms. The predicted octanol–water partition coefficient (Wildman–Crippen LogP) is 3.01. The Labute approximate surface area is 168 Å². The monoisotopic (exact) mass is 424 g/mol. The summed E-state index contributed by atoms with van der Waals surface area (Å²) in [4.78, 5) is 28.7. The molecule has 2 amide bonds. The zero-order valence-corrected chi connectivity index (χ0v) is 16.6. The highest BCUT2D eigenvalue weighted by molar-refractivity contribution is 7.17. The van der Waals surface area contributed by atoms with Crippen LogP contribution in [0.3, 0.4) is 0 Å². The van der Waals surface area contributed by atoms with E-state index in [1.807, 2.05) is 6.07 Å². The summed E-state index contributed by atoms with van der Waals surface area (Å²) in [6, 6.07) is 5.23. The molecule has 3 rings (SSSR count). The normalized spacial score (nSPS) is 10.7. The van der Waals surface area contributed by atoms with Crippen molar-refractivity contribution in [2.45, 2.75) is 13.5 Å². The molecule has 0 aliphatic rings. The van der Waals surface area contributed by atoms with Crippen LogP contribution in [-0.4, -0.2) is 38.8 Å². The minimum atomic E-state index is -0.465. The van der Waals surface area contributed by atoms with E-state index in [4.69, 9.17) is 23.2 Å². The minimum absolute atomic E-state index is 0.129. The molecule has 0 unspecified atom stereocenters. The maximum absolute atomic E-state index is 12.3. The van der Waals surface area contributed by atoms with Gasteiger partial charge in [0.05, 0.1) is 28.5 Å². The molecule has 0 atom stereocenters. The number of benzene rings is 1. The summed E-state index contributed by atoms with van der Waals surface area (Å²) >= 11 is 13.0. The van der Waals surface area contributed by atoms with E-state index in [2.05, 4.69) is 25.9 Å². The molecule has 2 N–H and O–H groups in total. The second-order valence-corrected chi connectivity index (χ2v) is 7.33. The van der Waals surface area contributed by atoms with Gasteiger partial charge in [-0.1, -0.05) is 45.8 Å². The van der Waals surface area contributed by atoms with Crippen LogP contribution in [0, 0.1) is 6.92 Å². The van der Waals surface area contributed by atoms with Gasteiger partial charge in [-0.15, -0.1) is 5.10 Å². The van der Waals surface area contributed by atoms with E-state index in [0.29, 0.717) is 32.3 Å². The number of halogens is 2. The molecule has 2 aromatic heterocycles. The highest BCUT2D eigenvalue weighted by Crippen LogP contribution is 2.24. The van der Waals surface area contributed by atoms with Crippen molar-refractivity contribution in [2.24, 2.45) is 0 Å². The van der Waals surface area contributed by atoms with E-state index in [9.17, 15) is 9.59 Å². The summed E-state index contributed by atoms with van der Waals surface area (Å²) in [5, 5.41) is 14.2. The number of hydrogen-bond donors (Lipinski definition) is 2. The fourth-order valence-corrected chi connectivity index (χ4v) is 3.47. The fraction of sp³-hybridized carbons (Fsp3) is 0.188. The lowest BCUT2D eigenvalue weighted by atomic mass is 10.2. The molecule has 0 saturated carbocycles. The molecule has 0 spiro atoms. The number of nitrogens with one attached hydrogen (secondary N) is 2. The largest absolute Gasteiger partial charge is 0.354 e. The molecule has 0 saturated heterocycles. The minimum Gasteiger partial charge on any atom is -0.354 e. The molecule has 3 aromatic rings. The van der Waals surface area contributed by atoms with Gasteiger partial charge < -0.3 is 5.32 Å². The lowest BCUT2D eigenvalue weighted by molar-refractivity contribution is 0.0965. The molecule has 2 heterocycles. The van der Waals surface area contributed by atoms with Gasteiger partial charge >= 0.3 is 0 Å². The van der Waals surface area contributed by atoms with Gasteiger partial charge in [0.25, 0.3) is 11.8 Å². The van der Waals surface area contributed by atoms with Gasteiger partial charge in [-0.05, 0) is 24.6 Å². The van der Waals surface area contributed by atoms with Crippen LogP contribution in [0.25, 0.3) is 0 Å². The van der Waals surface area contributed by atoms with Crippen LogP contribution in [0.4, 0.5) is 5.13 Å². The third kappa shape index (κ3) is 4.44. The Morgan fingerprint density at radius 3 is 2.70 bits per heavy atom. The van der Waals surface area contributed by atoms with Crippen molar-refractivity contribution in [3.05, 3.63) is 56.3 Å². The molecular weight excluding hydrogens is 411 g/mol. The molecule has 140 valence electrons. The first kappa shape index (κ1) is 19.3. The van der Waals surface area contributed by atoms with E-state index in [-0.39, 0.29) is 11.6 Å². The lowest BCUT2D eigenvalue weighted by Gasteiger charge is -2.02.